The fraction of sp³-hybridized carbons (Fsp3) is 1.00. The highest BCUT2D eigenvalue weighted by molar-refractivity contribution is 7.92. The van der Waals surface area contributed by atoms with E-state index in [4.69, 9.17) is 0 Å². The van der Waals surface area contributed by atoms with Gasteiger partial charge in [-0.25, -0.2) is 12.8 Å². The van der Waals surface area contributed by atoms with Gasteiger partial charge in [0.2, 0.25) is 0 Å². The van der Waals surface area contributed by atoms with E-state index >= 15 is 0 Å². The summed E-state index contributed by atoms with van der Waals surface area (Å²) in [7, 11) is -5.01. The van der Waals surface area contributed by atoms with E-state index in [1.165, 1.54) is 0 Å². The molecule has 12 heavy (non-hydrogen) atoms. The minimum Gasteiger partial charge on any atom is -0.225 e. The summed E-state index contributed by atoms with van der Waals surface area (Å²) in [6, 6.07) is 0. The lowest BCUT2D eigenvalue weighted by Crippen LogP contribution is -2.41. The van der Waals surface area contributed by atoms with Crippen LogP contribution in [-0.2, 0) is 9.84 Å². The first-order chi connectivity index (χ1) is 5.11. The second-order valence-corrected chi connectivity index (χ2v) is 4.48. The molecule has 1 aliphatic heterocycles. The third-order valence-corrected chi connectivity index (χ3v) is 3.16. The summed E-state index contributed by atoms with van der Waals surface area (Å²) < 4.78 is 81.1. The minimum absolute atomic E-state index is 2.13. The maximum atomic E-state index is 12.2. The highest BCUT2D eigenvalue weighted by atomic mass is 32.2. The van der Waals surface area contributed by atoms with E-state index in [9.17, 15) is 30.4 Å². The lowest BCUT2D eigenvalue weighted by Gasteiger charge is -2.16. The van der Waals surface area contributed by atoms with Crippen LogP contribution in [0.4, 0.5) is 22.0 Å². The molecule has 0 N–H and O–H groups in total. The molecule has 72 valence electrons. The van der Waals surface area contributed by atoms with E-state index < -0.39 is 32.9 Å². The molecule has 1 unspecified atom stereocenters. The van der Waals surface area contributed by atoms with Gasteiger partial charge in [0.05, 0.1) is 0 Å². The minimum atomic E-state index is -5.11. The van der Waals surface area contributed by atoms with E-state index in [1.807, 2.05) is 0 Å². The predicted octanol–water partition coefficient (Wildman–Crippen LogP) is 0.981. The smallest absolute Gasteiger partial charge is 0.225 e. The van der Waals surface area contributed by atoms with Gasteiger partial charge in [-0.1, -0.05) is 0 Å². The van der Waals surface area contributed by atoms with Gasteiger partial charge < -0.3 is 0 Å². The van der Waals surface area contributed by atoms with Gasteiger partial charge in [0.15, 0.2) is 9.84 Å². The summed E-state index contributed by atoms with van der Waals surface area (Å²) in [6.45, 7) is 0. The Labute approximate surface area is 64.3 Å². The second kappa shape index (κ2) is 2.09. The van der Waals surface area contributed by atoms with Crippen LogP contribution in [0.1, 0.15) is 0 Å². The summed E-state index contributed by atoms with van der Waals surface area (Å²) in [5.74, 6) is -12.0. The Hall–Kier alpha value is -0.400. The van der Waals surface area contributed by atoms with Crippen molar-refractivity contribution >= 4 is 9.84 Å². The van der Waals surface area contributed by atoms with Gasteiger partial charge in [-0.15, -0.1) is 0 Å². The molecule has 1 fully saturated rings. The second-order valence-electron chi connectivity index (χ2n) is 2.45. The molecule has 0 bridgehead atoms. The molecule has 1 atom stereocenters. The van der Waals surface area contributed by atoms with E-state index in [0.29, 0.717) is 0 Å². The topological polar surface area (TPSA) is 34.1 Å². The summed E-state index contributed by atoms with van der Waals surface area (Å²) in [5, 5.41) is 0. The monoisotopic (exact) mass is 210 g/mol. The summed E-state index contributed by atoms with van der Waals surface area (Å²) >= 11 is 0. The van der Waals surface area contributed by atoms with Crippen LogP contribution in [0, 0.1) is 0 Å². The fourth-order valence-electron chi connectivity index (χ4n) is 0.814. The van der Waals surface area contributed by atoms with E-state index in [-0.39, 0.29) is 0 Å². The Bertz CT molecular complexity index is 295. The third-order valence-electron chi connectivity index (χ3n) is 1.47. The van der Waals surface area contributed by atoms with Crippen LogP contribution in [0.5, 0.6) is 0 Å². The largest absolute Gasteiger partial charge is 0.355 e. The maximum absolute atomic E-state index is 12.2. The van der Waals surface area contributed by atoms with Crippen molar-refractivity contribution in [2.75, 3.05) is 5.75 Å². The molecule has 1 heterocycles. The molecule has 0 aromatic carbocycles. The molecular formula is C4H3F5O2S. The Morgan fingerprint density at radius 1 is 1.17 bits per heavy atom. The highest BCUT2D eigenvalue weighted by Crippen LogP contribution is 2.47. The highest BCUT2D eigenvalue weighted by Gasteiger charge is 2.73. The molecule has 0 aliphatic carbocycles. The van der Waals surface area contributed by atoms with Crippen molar-refractivity contribution < 1.29 is 30.4 Å². The van der Waals surface area contributed by atoms with Crippen LogP contribution in [0.15, 0.2) is 0 Å². The van der Waals surface area contributed by atoms with Crippen molar-refractivity contribution in [3.63, 3.8) is 0 Å². The zero-order valence-electron chi connectivity index (χ0n) is 5.40. The number of hydrogen-bond donors (Lipinski definition) is 0. The molecule has 1 aliphatic rings. The van der Waals surface area contributed by atoms with Crippen molar-refractivity contribution in [1.29, 1.82) is 0 Å². The molecule has 0 radical (unpaired) electrons. The number of alkyl halides is 5. The molecule has 2 nitrogen and oxygen atoms in total. The van der Waals surface area contributed by atoms with E-state index in [2.05, 4.69) is 0 Å². The van der Waals surface area contributed by atoms with Crippen molar-refractivity contribution in [1.82, 2.24) is 0 Å². The summed E-state index contributed by atoms with van der Waals surface area (Å²) in [5.41, 5.74) is -3.79. The zero-order valence-corrected chi connectivity index (χ0v) is 6.22. The van der Waals surface area contributed by atoms with Gasteiger partial charge >= 0.3 is 11.8 Å². The fourth-order valence-corrected chi connectivity index (χ4v) is 2.28. The van der Waals surface area contributed by atoms with Crippen molar-refractivity contribution in [2.45, 2.75) is 17.3 Å². The molecule has 0 spiro atoms. The van der Waals surface area contributed by atoms with Crippen LogP contribution in [0.2, 0.25) is 0 Å². The lowest BCUT2D eigenvalue weighted by molar-refractivity contribution is -0.200. The van der Waals surface area contributed by atoms with Crippen LogP contribution in [0.3, 0.4) is 0 Å². The van der Waals surface area contributed by atoms with Gasteiger partial charge in [0.25, 0.3) is 5.50 Å². The van der Waals surface area contributed by atoms with Crippen LogP contribution in [-0.4, -0.2) is 31.5 Å². The Balaban J connectivity index is 3.23. The normalized spacial score (nSPS) is 36.6. The van der Waals surface area contributed by atoms with Crippen LogP contribution >= 0.6 is 0 Å². The standard InChI is InChI=1S/C4H3F5O2S/c5-2-4(8,9)3(6,7)1-12(2,10)11/h2H,1H2. The molecule has 1 rings (SSSR count). The summed E-state index contributed by atoms with van der Waals surface area (Å²) in [6.07, 6.45) is 0. The summed E-state index contributed by atoms with van der Waals surface area (Å²) in [4.78, 5) is 0. The Morgan fingerprint density at radius 3 is 1.67 bits per heavy atom. The molecule has 0 aromatic rings. The average molecular weight is 210 g/mol. The average Bonchev–Trinajstić information content (AvgIpc) is 1.90. The van der Waals surface area contributed by atoms with Crippen LogP contribution in [0.25, 0.3) is 0 Å². The number of halogens is 5. The zero-order chi connectivity index (χ0) is 9.78. The third kappa shape index (κ3) is 1.00. The molecule has 0 saturated carbocycles. The van der Waals surface area contributed by atoms with E-state index in [0.717, 1.165) is 0 Å². The first kappa shape index (κ1) is 9.69. The van der Waals surface area contributed by atoms with Gasteiger partial charge in [-0.05, 0) is 0 Å². The lowest BCUT2D eigenvalue weighted by atomic mass is 10.2. The van der Waals surface area contributed by atoms with Gasteiger partial charge in [-0.2, -0.15) is 17.6 Å². The molecule has 1 saturated heterocycles. The molecule has 0 amide bonds. The van der Waals surface area contributed by atoms with E-state index in [1.54, 1.807) is 0 Å². The first-order valence-electron chi connectivity index (χ1n) is 2.72. The van der Waals surface area contributed by atoms with Gasteiger partial charge in [0.1, 0.15) is 5.75 Å². The van der Waals surface area contributed by atoms with Crippen LogP contribution < -0.4 is 0 Å². The number of sulfone groups is 1. The van der Waals surface area contributed by atoms with Crippen molar-refractivity contribution in [3.05, 3.63) is 0 Å². The molecular weight excluding hydrogens is 207 g/mol. The first-order valence-corrected chi connectivity index (χ1v) is 4.44. The van der Waals surface area contributed by atoms with Crippen molar-refractivity contribution in [2.24, 2.45) is 0 Å². The van der Waals surface area contributed by atoms with Crippen molar-refractivity contribution in [3.8, 4) is 0 Å². The number of hydrogen-bond acceptors (Lipinski definition) is 2. The predicted molar refractivity (Wildman–Crippen MR) is 28.6 cm³/mol. The quantitative estimate of drug-likeness (QED) is 0.558. The maximum Gasteiger partial charge on any atom is 0.355 e. The van der Waals surface area contributed by atoms with Gasteiger partial charge in [-0.3, -0.25) is 0 Å². The number of rotatable bonds is 0. The van der Waals surface area contributed by atoms with Gasteiger partial charge in [0, 0.05) is 0 Å². The molecule has 8 heteroatoms. The Morgan fingerprint density at radius 2 is 1.58 bits per heavy atom. The Kier molecular flexibility index (Phi) is 1.69. The molecule has 0 aromatic heterocycles. The SMILES string of the molecule is O=S1(=O)CC(F)(F)C(F)(F)C1F.